The zero-order chi connectivity index (χ0) is 9.78. The molecule has 0 radical (unpaired) electrons. The Morgan fingerprint density at radius 3 is 2.17 bits per heavy atom. The highest BCUT2D eigenvalue weighted by atomic mass is 19.4. The molecule has 5 heteroatoms. The Bertz CT molecular complexity index is 122. The normalized spacial score (nSPS) is 17.5. The minimum absolute atomic E-state index is 0.0711. The van der Waals surface area contributed by atoms with Crippen LogP contribution in [0.15, 0.2) is 0 Å². The first-order chi connectivity index (χ1) is 5.34. The van der Waals surface area contributed by atoms with Crippen molar-refractivity contribution in [3.63, 3.8) is 0 Å². The molecule has 2 unspecified atom stereocenters. The Hall–Kier alpha value is -0.290. The molecule has 74 valence electrons. The van der Waals surface area contributed by atoms with E-state index in [-0.39, 0.29) is 13.0 Å². The van der Waals surface area contributed by atoms with E-state index in [4.69, 9.17) is 5.11 Å². The number of hydrogen-bond acceptors (Lipinski definition) is 2. The number of alkyl halides is 3. The molecule has 0 aromatic carbocycles. The summed E-state index contributed by atoms with van der Waals surface area (Å²) in [5, 5.41) is 8.71. The quantitative estimate of drug-likeness (QED) is 0.724. The summed E-state index contributed by atoms with van der Waals surface area (Å²) in [5.41, 5.74) is 0. The number of aliphatic hydroxyl groups is 1. The summed E-state index contributed by atoms with van der Waals surface area (Å²) in [6.45, 7) is 2.38. The number of aliphatic hydroxyl groups excluding tert-OH is 1. The molecule has 0 amide bonds. The van der Waals surface area contributed by atoms with E-state index in [9.17, 15) is 13.2 Å². The zero-order valence-corrected chi connectivity index (χ0v) is 7.06. The molecule has 12 heavy (non-hydrogen) atoms. The van der Waals surface area contributed by atoms with Gasteiger partial charge in [-0.3, -0.25) is 0 Å². The molecule has 0 saturated heterocycles. The number of halogens is 3. The maximum atomic E-state index is 11.8. The topological polar surface area (TPSA) is 29.5 Å². The van der Waals surface area contributed by atoms with Crippen molar-refractivity contribution in [2.45, 2.75) is 38.7 Å². The summed E-state index contributed by atoms with van der Waals surface area (Å²) < 4.78 is 39.8. The van der Waals surface area contributed by atoms with Gasteiger partial charge in [-0.25, -0.2) is 0 Å². The first-order valence-electron chi connectivity index (χ1n) is 3.70. The molecule has 0 heterocycles. The highest BCUT2D eigenvalue weighted by Crippen LogP contribution is 2.22. The van der Waals surface area contributed by atoms with Crippen molar-refractivity contribution in [3.05, 3.63) is 0 Å². The van der Waals surface area contributed by atoms with E-state index < -0.39 is 18.4 Å². The van der Waals surface area contributed by atoms with Crippen molar-refractivity contribution in [1.29, 1.82) is 0 Å². The molecule has 0 spiro atoms. The second-order valence-electron chi connectivity index (χ2n) is 2.69. The maximum absolute atomic E-state index is 11.8. The van der Waals surface area contributed by atoms with E-state index in [0.717, 1.165) is 6.92 Å². The van der Waals surface area contributed by atoms with Crippen LogP contribution in [0.25, 0.3) is 0 Å². The molecule has 0 aromatic heterocycles. The molecule has 2 atom stereocenters. The van der Waals surface area contributed by atoms with Crippen molar-refractivity contribution in [2.24, 2.45) is 0 Å². The third-order valence-corrected chi connectivity index (χ3v) is 1.36. The summed E-state index contributed by atoms with van der Waals surface area (Å²) in [7, 11) is 0. The Morgan fingerprint density at radius 1 is 1.33 bits per heavy atom. The largest absolute Gasteiger partial charge is 0.414 e. The van der Waals surface area contributed by atoms with E-state index in [0.29, 0.717) is 0 Å². The summed E-state index contributed by atoms with van der Waals surface area (Å²) in [6, 6.07) is 0. The monoisotopic (exact) mass is 186 g/mol. The number of hydrogen-bond donors (Lipinski definition) is 1. The smallest absolute Gasteiger partial charge is 0.393 e. The van der Waals surface area contributed by atoms with Crippen LogP contribution in [0.5, 0.6) is 0 Å². The van der Waals surface area contributed by atoms with E-state index in [1.807, 2.05) is 0 Å². The molecule has 0 bridgehead atoms. The molecular formula is C7H13F3O2. The van der Waals surface area contributed by atoms with E-state index in [2.05, 4.69) is 4.74 Å². The molecule has 0 fully saturated rings. The van der Waals surface area contributed by atoms with Gasteiger partial charge in [-0.05, 0) is 20.3 Å². The average molecular weight is 186 g/mol. The van der Waals surface area contributed by atoms with Gasteiger partial charge in [0.25, 0.3) is 0 Å². The standard InChI is InChI=1S/C7H13F3O2/c1-5(11)3-4-12-6(2)7(8,9)10/h5-6,11H,3-4H2,1-2H3. The minimum Gasteiger partial charge on any atom is -0.393 e. The van der Waals surface area contributed by atoms with Gasteiger partial charge < -0.3 is 9.84 Å². The van der Waals surface area contributed by atoms with Crippen LogP contribution in [-0.2, 0) is 4.74 Å². The molecule has 0 saturated carbocycles. The van der Waals surface area contributed by atoms with Gasteiger partial charge in [-0.2, -0.15) is 13.2 Å². The lowest BCUT2D eigenvalue weighted by Gasteiger charge is -2.16. The first-order valence-corrected chi connectivity index (χ1v) is 3.70. The van der Waals surface area contributed by atoms with Gasteiger partial charge in [0.05, 0.1) is 6.10 Å². The maximum Gasteiger partial charge on any atom is 0.414 e. The lowest BCUT2D eigenvalue weighted by Crippen LogP contribution is -2.29. The molecule has 0 aliphatic rings. The van der Waals surface area contributed by atoms with Gasteiger partial charge >= 0.3 is 6.18 Å². The number of rotatable bonds is 4. The van der Waals surface area contributed by atoms with Gasteiger partial charge in [-0.15, -0.1) is 0 Å². The van der Waals surface area contributed by atoms with Gasteiger partial charge in [0.1, 0.15) is 0 Å². The van der Waals surface area contributed by atoms with Gasteiger partial charge in [-0.1, -0.05) is 0 Å². The fourth-order valence-corrected chi connectivity index (χ4v) is 0.510. The Kier molecular flexibility index (Phi) is 4.55. The van der Waals surface area contributed by atoms with Gasteiger partial charge in [0.15, 0.2) is 6.10 Å². The lowest BCUT2D eigenvalue weighted by atomic mass is 10.3. The van der Waals surface area contributed by atoms with Crippen LogP contribution in [0.2, 0.25) is 0 Å². The highest BCUT2D eigenvalue weighted by molar-refractivity contribution is 4.60. The lowest BCUT2D eigenvalue weighted by molar-refractivity contribution is -0.215. The Morgan fingerprint density at radius 2 is 1.83 bits per heavy atom. The van der Waals surface area contributed by atoms with Gasteiger partial charge in [0, 0.05) is 6.61 Å². The predicted molar refractivity (Wildman–Crippen MR) is 37.8 cm³/mol. The van der Waals surface area contributed by atoms with Crippen molar-refractivity contribution >= 4 is 0 Å². The fourth-order valence-electron chi connectivity index (χ4n) is 0.510. The van der Waals surface area contributed by atoms with Crippen LogP contribution >= 0.6 is 0 Å². The molecule has 0 aliphatic heterocycles. The van der Waals surface area contributed by atoms with Crippen molar-refractivity contribution in [1.82, 2.24) is 0 Å². The summed E-state index contributed by atoms with van der Waals surface area (Å²) in [4.78, 5) is 0. The van der Waals surface area contributed by atoms with Crippen molar-refractivity contribution in [2.75, 3.05) is 6.61 Å². The van der Waals surface area contributed by atoms with Crippen LogP contribution in [0.3, 0.4) is 0 Å². The molecular weight excluding hydrogens is 173 g/mol. The fraction of sp³-hybridized carbons (Fsp3) is 1.00. The van der Waals surface area contributed by atoms with E-state index in [1.165, 1.54) is 6.92 Å². The predicted octanol–water partition coefficient (Wildman–Crippen LogP) is 1.72. The van der Waals surface area contributed by atoms with Crippen LogP contribution < -0.4 is 0 Å². The SMILES string of the molecule is CC(O)CCOC(C)C(F)(F)F. The zero-order valence-electron chi connectivity index (χ0n) is 7.06. The van der Waals surface area contributed by atoms with Gasteiger partial charge in [0.2, 0.25) is 0 Å². The average Bonchev–Trinajstić information content (AvgIpc) is 1.84. The third kappa shape index (κ3) is 5.37. The molecule has 2 nitrogen and oxygen atoms in total. The van der Waals surface area contributed by atoms with Crippen LogP contribution in [0.4, 0.5) is 13.2 Å². The Labute approximate surface area is 69.3 Å². The summed E-state index contributed by atoms with van der Waals surface area (Å²) in [5.74, 6) is 0. The third-order valence-electron chi connectivity index (χ3n) is 1.36. The molecule has 1 N–H and O–H groups in total. The van der Waals surface area contributed by atoms with E-state index in [1.54, 1.807) is 0 Å². The second kappa shape index (κ2) is 4.67. The Balaban J connectivity index is 3.51. The molecule has 0 aromatic rings. The molecule has 0 aliphatic carbocycles. The van der Waals surface area contributed by atoms with E-state index >= 15 is 0 Å². The van der Waals surface area contributed by atoms with Crippen molar-refractivity contribution in [3.8, 4) is 0 Å². The second-order valence-corrected chi connectivity index (χ2v) is 2.69. The summed E-state index contributed by atoms with van der Waals surface area (Å²) >= 11 is 0. The van der Waals surface area contributed by atoms with Crippen molar-refractivity contribution < 1.29 is 23.0 Å². The van der Waals surface area contributed by atoms with Crippen LogP contribution in [-0.4, -0.2) is 30.1 Å². The number of ether oxygens (including phenoxy) is 1. The van der Waals surface area contributed by atoms with Crippen LogP contribution in [0.1, 0.15) is 20.3 Å². The highest BCUT2D eigenvalue weighted by Gasteiger charge is 2.36. The summed E-state index contributed by atoms with van der Waals surface area (Å²) in [6.07, 6.45) is -6.46. The molecule has 0 rings (SSSR count). The van der Waals surface area contributed by atoms with Crippen LogP contribution in [0, 0.1) is 0 Å². The first kappa shape index (κ1) is 11.7. The minimum atomic E-state index is -4.31.